The van der Waals surface area contributed by atoms with Crippen LogP contribution in [0.1, 0.15) is 39.4 Å². The van der Waals surface area contributed by atoms with Crippen LogP contribution in [0, 0.1) is 32.8 Å². The molecule has 0 spiro atoms. The first-order valence-electron chi connectivity index (χ1n) is 9.49. The summed E-state index contributed by atoms with van der Waals surface area (Å²) in [5.41, 5.74) is 0.616. The van der Waals surface area contributed by atoms with Crippen molar-refractivity contribution >= 4 is 11.5 Å². The molecule has 4 heterocycles. The van der Waals surface area contributed by atoms with E-state index in [2.05, 4.69) is 37.5 Å². The average molecular weight is 357 g/mol. The van der Waals surface area contributed by atoms with Crippen LogP contribution in [0.2, 0.25) is 0 Å². The third-order valence-electron chi connectivity index (χ3n) is 7.15. The van der Waals surface area contributed by atoms with Crippen LogP contribution in [0.25, 0.3) is 0 Å². The Bertz CT molecular complexity index is 710. The number of hydrogen-bond donors (Lipinski definition) is 0. The third kappa shape index (κ3) is 2.15. The minimum atomic E-state index is -0.360. The highest BCUT2D eigenvalue weighted by atomic mass is 16.6. The van der Waals surface area contributed by atoms with Gasteiger partial charge in [-0.2, -0.15) is 0 Å². The van der Waals surface area contributed by atoms with Crippen molar-refractivity contribution in [3.8, 4) is 0 Å². The highest BCUT2D eigenvalue weighted by Crippen LogP contribution is 2.57. The molecule has 0 aromatic heterocycles. The van der Waals surface area contributed by atoms with Crippen LogP contribution in [0.3, 0.4) is 0 Å². The summed E-state index contributed by atoms with van der Waals surface area (Å²) in [6.45, 7) is 11.8. The topological polar surface area (TPSA) is 66.7 Å². The highest BCUT2D eigenvalue weighted by molar-refractivity contribution is 5.94. The Morgan fingerprint density at radius 2 is 1.38 bits per heavy atom. The fourth-order valence-electron chi connectivity index (χ4n) is 5.47. The van der Waals surface area contributed by atoms with Crippen LogP contribution in [-0.4, -0.2) is 46.7 Å². The van der Waals surface area contributed by atoms with Crippen LogP contribution in [-0.2, 0) is 4.79 Å². The first-order valence-corrected chi connectivity index (χ1v) is 9.49. The monoisotopic (exact) mass is 357 g/mol. The number of Topliss-reactive ketones (excluding diaryl/α,β-unsaturated/α-hetero) is 1. The van der Waals surface area contributed by atoms with Gasteiger partial charge in [0.2, 0.25) is 0 Å². The van der Waals surface area contributed by atoms with E-state index in [1.165, 1.54) is 0 Å². The summed E-state index contributed by atoms with van der Waals surface area (Å²) in [7, 11) is 0. The molecular weight excluding hydrogens is 330 g/mol. The maximum absolute atomic E-state index is 13.5. The van der Waals surface area contributed by atoms with Crippen molar-refractivity contribution < 1.29 is 9.72 Å². The van der Waals surface area contributed by atoms with E-state index in [1.54, 1.807) is 12.1 Å². The normalized spacial score (nSPS) is 38.4. The molecule has 5 rings (SSSR count). The highest BCUT2D eigenvalue weighted by Gasteiger charge is 2.67. The zero-order chi connectivity index (χ0) is 18.9. The van der Waals surface area contributed by atoms with E-state index in [9.17, 15) is 14.9 Å². The van der Waals surface area contributed by atoms with Crippen LogP contribution in [0.15, 0.2) is 24.3 Å². The third-order valence-corrected chi connectivity index (χ3v) is 7.15. The number of carbonyl (C=O) groups excluding carboxylic acids is 1. The Morgan fingerprint density at radius 3 is 1.73 bits per heavy atom. The number of non-ortho nitro benzene ring substituents is 1. The number of nitro benzene ring substituents is 1. The number of benzene rings is 1. The van der Waals surface area contributed by atoms with Gasteiger partial charge in [-0.1, -0.05) is 27.7 Å². The summed E-state index contributed by atoms with van der Waals surface area (Å²) in [5, 5.41) is 11.0. The van der Waals surface area contributed by atoms with Crippen LogP contribution in [0.4, 0.5) is 5.69 Å². The quantitative estimate of drug-likeness (QED) is 0.612. The predicted molar refractivity (Wildman–Crippen MR) is 98.5 cm³/mol. The summed E-state index contributed by atoms with van der Waals surface area (Å²) in [6, 6.07) is 6.92. The summed E-state index contributed by atoms with van der Waals surface area (Å²) >= 11 is 0. The van der Waals surface area contributed by atoms with Crippen LogP contribution < -0.4 is 0 Å². The fraction of sp³-hybridized carbons (Fsp3) is 0.650. The number of piperidine rings is 2. The van der Waals surface area contributed by atoms with Gasteiger partial charge >= 0.3 is 0 Å². The molecule has 6 nitrogen and oxygen atoms in total. The predicted octanol–water partition coefficient (Wildman–Crippen LogP) is 3.09. The maximum atomic E-state index is 13.5. The van der Waals surface area contributed by atoms with E-state index in [0.29, 0.717) is 17.6 Å². The van der Waals surface area contributed by atoms with E-state index in [4.69, 9.17) is 0 Å². The van der Waals surface area contributed by atoms with E-state index in [-0.39, 0.29) is 27.6 Å². The van der Waals surface area contributed by atoms with Gasteiger partial charge in [-0.3, -0.25) is 24.7 Å². The molecule has 0 amide bonds. The summed E-state index contributed by atoms with van der Waals surface area (Å²) < 4.78 is 0. The number of ketones is 1. The van der Waals surface area contributed by atoms with Gasteiger partial charge in [0.15, 0.2) is 5.78 Å². The van der Waals surface area contributed by atoms with Gasteiger partial charge in [0, 0.05) is 38.3 Å². The molecule has 6 heteroatoms. The zero-order valence-electron chi connectivity index (χ0n) is 15.9. The molecular formula is C20H27N3O3. The lowest BCUT2D eigenvalue weighted by molar-refractivity contribution is -0.384. The molecule has 1 aromatic carbocycles. The van der Waals surface area contributed by atoms with Gasteiger partial charge in [0.05, 0.1) is 21.9 Å². The van der Waals surface area contributed by atoms with Crippen LogP contribution >= 0.6 is 0 Å². The zero-order valence-corrected chi connectivity index (χ0v) is 15.9. The van der Waals surface area contributed by atoms with Crippen molar-refractivity contribution in [1.82, 2.24) is 9.80 Å². The second-order valence-electron chi connectivity index (χ2n) is 8.98. The lowest BCUT2D eigenvalue weighted by Crippen LogP contribution is -2.78. The van der Waals surface area contributed by atoms with E-state index in [1.807, 2.05) is 12.1 Å². The van der Waals surface area contributed by atoms with Crippen molar-refractivity contribution in [3.63, 3.8) is 0 Å². The number of nitrogens with zero attached hydrogens (tertiary/aromatic N) is 3. The molecule has 0 N–H and O–H groups in total. The van der Waals surface area contributed by atoms with E-state index >= 15 is 0 Å². The Kier molecular flexibility index (Phi) is 3.80. The minimum absolute atomic E-state index is 0.114. The van der Waals surface area contributed by atoms with E-state index in [0.717, 1.165) is 31.7 Å². The van der Waals surface area contributed by atoms with Crippen LogP contribution in [0.5, 0.6) is 0 Å². The van der Waals surface area contributed by atoms with Gasteiger partial charge in [-0.05, 0) is 29.5 Å². The molecule has 1 aromatic rings. The number of nitro groups is 1. The second kappa shape index (κ2) is 5.60. The maximum Gasteiger partial charge on any atom is 0.269 e. The van der Waals surface area contributed by atoms with Gasteiger partial charge in [-0.25, -0.2) is 0 Å². The van der Waals surface area contributed by atoms with Crippen molar-refractivity contribution in [1.29, 1.82) is 0 Å². The fourth-order valence-corrected chi connectivity index (χ4v) is 5.47. The SMILES string of the molecule is CC(C)C12CN3CC(C(C)C)(CN(C1)C3c1ccc([N+](=O)[O-])cc1)C2=O. The lowest BCUT2D eigenvalue weighted by Gasteiger charge is -2.68. The Labute approximate surface area is 154 Å². The molecule has 4 aliphatic heterocycles. The second-order valence-corrected chi connectivity index (χ2v) is 8.98. The summed E-state index contributed by atoms with van der Waals surface area (Å²) in [4.78, 5) is 29.0. The summed E-state index contributed by atoms with van der Waals surface area (Å²) in [6.07, 6.45) is 0.114. The molecule has 0 saturated carbocycles. The van der Waals surface area contributed by atoms with Gasteiger partial charge in [0.1, 0.15) is 0 Å². The number of carbonyl (C=O) groups is 1. The number of rotatable bonds is 4. The van der Waals surface area contributed by atoms with Crippen molar-refractivity contribution in [2.24, 2.45) is 22.7 Å². The standard InChI is InChI=1S/C20H27N3O3/c1-13(2)19-9-21-11-20(14(3)4,18(19)24)12-22(10-19)17(21)15-5-7-16(8-6-15)23(25)26/h5-8,13-14,17H,9-12H2,1-4H3. The van der Waals surface area contributed by atoms with Crippen molar-refractivity contribution in [2.45, 2.75) is 33.9 Å². The molecule has 140 valence electrons. The first kappa shape index (κ1) is 17.6. The molecule has 0 radical (unpaired) electrons. The summed E-state index contributed by atoms with van der Waals surface area (Å²) in [5.74, 6) is 1.07. The van der Waals surface area contributed by atoms with Gasteiger partial charge < -0.3 is 0 Å². The van der Waals surface area contributed by atoms with Crippen molar-refractivity contribution in [2.75, 3.05) is 26.2 Å². The molecule has 26 heavy (non-hydrogen) atoms. The first-order chi connectivity index (χ1) is 12.2. The number of hydrogen-bond acceptors (Lipinski definition) is 5. The Balaban J connectivity index is 1.74. The molecule has 4 bridgehead atoms. The molecule has 0 aliphatic carbocycles. The molecule has 4 aliphatic rings. The molecule has 0 atom stereocenters. The average Bonchev–Trinajstić information content (AvgIpc) is 2.58. The molecule has 0 unspecified atom stereocenters. The smallest absolute Gasteiger partial charge is 0.269 e. The van der Waals surface area contributed by atoms with Crippen molar-refractivity contribution in [3.05, 3.63) is 39.9 Å². The van der Waals surface area contributed by atoms with Gasteiger partial charge in [0.25, 0.3) is 5.69 Å². The molecule has 4 fully saturated rings. The largest absolute Gasteiger partial charge is 0.298 e. The Morgan fingerprint density at radius 1 is 0.962 bits per heavy atom. The lowest BCUT2D eigenvalue weighted by atomic mass is 9.53. The molecule has 4 saturated heterocycles. The minimum Gasteiger partial charge on any atom is -0.298 e. The van der Waals surface area contributed by atoms with E-state index < -0.39 is 0 Å². The van der Waals surface area contributed by atoms with Gasteiger partial charge in [-0.15, -0.1) is 0 Å². The Hall–Kier alpha value is -1.79.